The summed E-state index contributed by atoms with van der Waals surface area (Å²) in [7, 11) is 0.429. The summed E-state index contributed by atoms with van der Waals surface area (Å²) in [6, 6.07) is 11.1. The molecule has 0 unspecified atom stereocenters. The summed E-state index contributed by atoms with van der Waals surface area (Å²) < 4.78 is 26.9. The molecular formula is C16H18N2O2S2. The number of aryl methyl sites for hydroxylation is 1. The highest BCUT2D eigenvalue weighted by atomic mass is 32.2. The monoisotopic (exact) mass is 334 g/mol. The van der Waals surface area contributed by atoms with Gasteiger partial charge in [0.15, 0.2) is 0 Å². The number of rotatable bonds is 4. The van der Waals surface area contributed by atoms with E-state index >= 15 is 0 Å². The number of anilines is 1. The molecule has 1 aromatic carbocycles. The minimum atomic E-state index is -3.46. The van der Waals surface area contributed by atoms with Crippen molar-refractivity contribution in [2.24, 2.45) is 0 Å². The lowest BCUT2D eigenvalue weighted by atomic mass is 10.1. The van der Waals surface area contributed by atoms with Crippen molar-refractivity contribution in [2.75, 3.05) is 25.5 Å². The minimum absolute atomic E-state index is 0.0844. The van der Waals surface area contributed by atoms with Crippen molar-refractivity contribution in [2.45, 2.75) is 11.1 Å². The smallest absolute Gasteiger partial charge is 0.250 e. The van der Waals surface area contributed by atoms with Crippen molar-refractivity contribution in [1.29, 1.82) is 0 Å². The van der Waals surface area contributed by atoms with Crippen molar-refractivity contribution in [3.8, 4) is 11.8 Å². The van der Waals surface area contributed by atoms with Crippen LogP contribution in [0.15, 0.2) is 40.6 Å². The molecule has 1 heterocycles. The van der Waals surface area contributed by atoms with E-state index in [4.69, 9.17) is 0 Å². The second-order valence-corrected chi connectivity index (χ2v) is 8.18. The molecule has 0 fully saturated rings. The van der Waals surface area contributed by atoms with Gasteiger partial charge in [0.2, 0.25) is 0 Å². The maximum Gasteiger partial charge on any atom is 0.250 e. The Morgan fingerprint density at radius 3 is 2.55 bits per heavy atom. The maximum absolute atomic E-state index is 12.1. The highest BCUT2D eigenvalue weighted by Gasteiger charge is 2.14. The molecule has 0 spiro atoms. The van der Waals surface area contributed by atoms with E-state index in [2.05, 4.69) is 16.6 Å². The zero-order chi connectivity index (χ0) is 16.2. The first-order chi connectivity index (χ1) is 10.4. The van der Waals surface area contributed by atoms with Crippen LogP contribution in [-0.4, -0.2) is 29.1 Å². The first-order valence-corrected chi connectivity index (χ1v) is 9.01. The Labute approximate surface area is 135 Å². The summed E-state index contributed by atoms with van der Waals surface area (Å²) in [6.07, 6.45) is 0. The molecule has 1 N–H and O–H groups in total. The third-order valence-corrected chi connectivity index (χ3v) is 5.83. The number of sulfonamides is 1. The second-order valence-electron chi connectivity index (χ2n) is 4.90. The molecule has 0 atom stereocenters. The Kier molecular flexibility index (Phi) is 5.24. The molecule has 4 nitrogen and oxygen atoms in total. The van der Waals surface area contributed by atoms with Gasteiger partial charge in [-0.2, -0.15) is 4.72 Å². The SMILES string of the molecule is Cc1ccc(S(=O)(=O)NCC#Cc2ccccc2N(C)C)s1. The Hall–Kier alpha value is -1.81. The number of hydrogen-bond acceptors (Lipinski definition) is 4. The Morgan fingerprint density at radius 1 is 1.18 bits per heavy atom. The molecule has 116 valence electrons. The van der Waals surface area contributed by atoms with Gasteiger partial charge >= 0.3 is 0 Å². The topological polar surface area (TPSA) is 49.4 Å². The predicted molar refractivity (Wildman–Crippen MR) is 91.9 cm³/mol. The first-order valence-electron chi connectivity index (χ1n) is 6.71. The Bertz CT molecular complexity index is 812. The van der Waals surface area contributed by atoms with Crippen LogP contribution in [0.3, 0.4) is 0 Å². The normalized spacial score (nSPS) is 10.9. The van der Waals surface area contributed by atoms with Gasteiger partial charge in [-0.15, -0.1) is 11.3 Å². The fourth-order valence-corrected chi connectivity index (χ4v) is 4.12. The molecule has 0 aliphatic carbocycles. The zero-order valence-corrected chi connectivity index (χ0v) is 14.4. The number of nitrogens with one attached hydrogen (secondary N) is 1. The van der Waals surface area contributed by atoms with Crippen molar-refractivity contribution in [1.82, 2.24) is 4.72 Å². The molecule has 0 radical (unpaired) electrons. The van der Waals surface area contributed by atoms with Gasteiger partial charge in [0.25, 0.3) is 10.0 Å². The average Bonchev–Trinajstić information content (AvgIpc) is 2.91. The van der Waals surface area contributed by atoms with Crippen LogP contribution in [0.25, 0.3) is 0 Å². The zero-order valence-electron chi connectivity index (χ0n) is 12.8. The van der Waals surface area contributed by atoms with Crippen molar-refractivity contribution >= 4 is 27.0 Å². The highest BCUT2D eigenvalue weighted by molar-refractivity contribution is 7.91. The fourth-order valence-electron chi connectivity index (χ4n) is 1.87. The molecule has 6 heteroatoms. The van der Waals surface area contributed by atoms with Crippen LogP contribution < -0.4 is 9.62 Å². The standard InChI is InChI=1S/C16H18N2O2S2/c1-13-10-11-16(21-13)22(19,20)17-12-6-8-14-7-4-5-9-15(14)18(2)3/h4-5,7,9-11,17H,12H2,1-3H3. The van der Waals surface area contributed by atoms with Gasteiger partial charge in [0.05, 0.1) is 12.2 Å². The van der Waals surface area contributed by atoms with E-state index in [0.717, 1.165) is 16.1 Å². The Morgan fingerprint density at radius 2 is 1.91 bits per heavy atom. The van der Waals surface area contributed by atoms with Gasteiger partial charge in [-0.25, -0.2) is 8.42 Å². The van der Waals surface area contributed by atoms with Crippen LogP contribution in [0.1, 0.15) is 10.4 Å². The molecule has 0 aliphatic heterocycles. The predicted octanol–water partition coefficient (Wildman–Crippen LogP) is 2.45. The number of para-hydroxylation sites is 1. The third kappa shape index (κ3) is 4.10. The van der Waals surface area contributed by atoms with E-state index in [-0.39, 0.29) is 6.54 Å². The molecule has 0 saturated carbocycles. The average molecular weight is 334 g/mol. The number of benzene rings is 1. The second kappa shape index (κ2) is 6.97. The van der Waals surface area contributed by atoms with Crippen LogP contribution in [0, 0.1) is 18.8 Å². The molecular weight excluding hydrogens is 316 g/mol. The highest BCUT2D eigenvalue weighted by Crippen LogP contribution is 2.20. The van der Waals surface area contributed by atoms with E-state index < -0.39 is 10.0 Å². The minimum Gasteiger partial charge on any atom is -0.377 e. The van der Waals surface area contributed by atoms with E-state index in [9.17, 15) is 8.42 Å². The van der Waals surface area contributed by atoms with Crippen molar-refractivity contribution < 1.29 is 8.42 Å². The van der Waals surface area contributed by atoms with Crippen LogP contribution in [0.5, 0.6) is 0 Å². The summed E-state index contributed by atoms with van der Waals surface area (Å²) in [4.78, 5) is 2.94. The van der Waals surface area contributed by atoms with Gasteiger partial charge in [0, 0.05) is 24.5 Å². The van der Waals surface area contributed by atoms with Gasteiger partial charge in [-0.05, 0) is 31.2 Å². The van der Waals surface area contributed by atoms with Gasteiger partial charge in [-0.1, -0.05) is 24.0 Å². The maximum atomic E-state index is 12.1. The Balaban J connectivity index is 2.06. The van der Waals surface area contributed by atoms with Gasteiger partial charge in [0.1, 0.15) is 4.21 Å². The number of nitrogens with zero attached hydrogens (tertiary/aromatic N) is 1. The van der Waals surface area contributed by atoms with Gasteiger partial charge in [-0.3, -0.25) is 0 Å². The largest absolute Gasteiger partial charge is 0.377 e. The molecule has 2 rings (SSSR count). The van der Waals surface area contributed by atoms with Gasteiger partial charge < -0.3 is 4.90 Å². The van der Waals surface area contributed by atoms with Crippen LogP contribution >= 0.6 is 11.3 Å². The molecule has 0 saturated heterocycles. The molecule has 1 aromatic heterocycles. The first kappa shape index (κ1) is 16.6. The van der Waals surface area contributed by atoms with Crippen molar-refractivity contribution in [3.63, 3.8) is 0 Å². The third-order valence-electron chi connectivity index (χ3n) is 2.94. The van der Waals surface area contributed by atoms with Crippen LogP contribution in [-0.2, 0) is 10.0 Å². The lowest BCUT2D eigenvalue weighted by molar-refractivity contribution is 0.588. The summed E-state index contributed by atoms with van der Waals surface area (Å²) in [5.41, 5.74) is 1.88. The lowest BCUT2D eigenvalue weighted by Crippen LogP contribution is -2.23. The van der Waals surface area contributed by atoms with E-state index in [0.29, 0.717) is 4.21 Å². The summed E-state index contributed by atoms with van der Waals surface area (Å²) in [6.45, 7) is 1.96. The summed E-state index contributed by atoms with van der Waals surface area (Å²) >= 11 is 1.25. The molecule has 0 amide bonds. The number of thiophene rings is 1. The lowest BCUT2D eigenvalue weighted by Gasteiger charge is -2.13. The molecule has 22 heavy (non-hydrogen) atoms. The molecule has 0 aliphatic rings. The number of hydrogen-bond donors (Lipinski definition) is 1. The molecule has 0 bridgehead atoms. The van der Waals surface area contributed by atoms with E-state index in [1.54, 1.807) is 12.1 Å². The quantitative estimate of drug-likeness (QED) is 0.874. The molecule has 2 aromatic rings. The summed E-state index contributed by atoms with van der Waals surface area (Å²) in [5.74, 6) is 5.88. The fraction of sp³-hybridized carbons (Fsp3) is 0.250. The summed E-state index contributed by atoms with van der Waals surface area (Å²) in [5, 5.41) is 0. The van der Waals surface area contributed by atoms with Crippen LogP contribution in [0.4, 0.5) is 5.69 Å². The van der Waals surface area contributed by atoms with Crippen molar-refractivity contribution in [3.05, 3.63) is 46.8 Å². The van der Waals surface area contributed by atoms with Crippen LogP contribution in [0.2, 0.25) is 0 Å². The van der Waals surface area contributed by atoms with E-state index in [1.807, 2.05) is 50.2 Å². The van der Waals surface area contributed by atoms with E-state index in [1.165, 1.54) is 11.3 Å².